The van der Waals surface area contributed by atoms with Crippen molar-refractivity contribution in [1.82, 2.24) is 15.1 Å². The molecular formula is C35H50N4O4. The molecule has 3 amide bonds. The first-order valence-corrected chi connectivity index (χ1v) is 16.7. The number of hydrogen-bond acceptors (Lipinski definition) is 5. The summed E-state index contributed by atoms with van der Waals surface area (Å²) in [4.78, 5) is 46.7. The molecule has 5 aliphatic rings. The largest absolute Gasteiger partial charge is 0.359 e. The van der Waals surface area contributed by atoms with Crippen LogP contribution in [-0.4, -0.2) is 77.5 Å². The second-order valence-corrected chi connectivity index (χ2v) is 14.4. The van der Waals surface area contributed by atoms with Crippen LogP contribution >= 0.6 is 0 Å². The lowest BCUT2D eigenvalue weighted by molar-refractivity contribution is -0.141. The molecule has 1 aromatic rings. The Kier molecular flexibility index (Phi) is 8.46. The Balaban J connectivity index is 1.25. The van der Waals surface area contributed by atoms with Gasteiger partial charge in [0.25, 0.3) is 0 Å². The molecule has 8 heteroatoms. The first-order valence-electron chi connectivity index (χ1n) is 16.7. The van der Waals surface area contributed by atoms with Crippen LogP contribution in [0.2, 0.25) is 0 Å². The average molecular weight is 591 g/mol. The quantitative estimate of drug-likeness (QED) is 0.437. The van der Waals surface area contributed by atoms with E-state index in [1.807, 2.05) is 38.1 Å². The molecule has 6 rings (SSSR count). The lowest BCUT2D eigenvalue weighted by atomic mass is 9.73. The van der Waals surface area contributed by atoms with Crippen LogP contribution in [0.1, 0.15) is 70.4 Å². The van der Waals surface area contributed by atoms with Gasteiger partial charge in [0, 0.05) is 24.8 Å². The van der Waals surface area contributed by atoms with Gasteiger partial charge in [0.1, 0.15) is 11.6 Å². The van der Waals surface area contributed by atoms with Crippen LogP contribution in [0.3, 0.4) is 0 Å². The van der Waals surface area contributed by atoms with E-state index in [1.165, 1.54) is 19.3 Å². The van der Waals surface area contributed by atoms with Crippen molar-refractivity contribution in [2.75, 3.05) is 31.5 Å². The van der Waals surface area contributed by atoms with E-state index >= 15 is 0 Å². The summed E-state index contributed by atoms with van der Waals surface area (Å²) in [5.74, 6) is -0.321. The molecule has 0 radical (unpaired) electrons. The van der Waals surface area contributed by atoms with Gasteiger partial charge in [-0.1, -0.05) is 51.8 Å². The third-order valence-corrected chi connectivity index (χ3v) is 11.1. The Bertz CT molecular complexity index is 1260. The number of fused-ring (bicyclic) bond motifs is 1. The topological polar surface area (TPSA) is 91.0 Å². The number of rotatable bonds is 8. The molecule has 8 nitrogen and oxygen atoms in total. The van der Waals surface area contributed by atoms with Gasteiger partial charge in [0.05, 0.1) is 17.9 Å². The third kappa shape index (κ3) is 5.66. The number of carbonyl (C=O) groups is 3. The monoisotopic (exact) mass is 590 g/mol. The van der Waals surface area contributed by atoms with Crippen molar-refractivity contribution in [3.05, 3.63) is 41.5 Å². The van der Waals surface area contributed by atoms with Gasteiger partial charge in [-0.25, -0.2) is 0 Å². The highest BCUT2D eigenvalue weighted by atomic mass is 16.5. The fraction of sp³-hybridized carbons (Fsp3) is 0.686. The first kappa shape index (κ1) is 30.3. The molecule has 3 saturated heterocycles. The number of nitrogens with zero attached hydrogens (tertiary/aromatic N) is 2. The zero-order chi connectivity index (χ0) is 30.5. The Hall–Kier alpha value is -2.71. The molecule has 4 fully saturated rings. The van der Waals surface area contributed by atoms with E-state index in [1.54, 1.807) is 4.90 Å². The van der Waals surface area contributed by atoms with Crippen LogP contribution in [-0.2, 0) is 19.1 Å². The zero-order valence-electron chi connectivity index (χ0n) is 26.6. The fourth-order valence-electron chi connectivity index (χ4n) is 8.78. The van der Waals surface area contributed by atoms with E-state index in [4.69, 9.17) is 4.74 Å². The van der Waals surface area contributed by atoms with Crippen LogP contribution in [0, 0.1) is 43.4 Å². The number of benzene rings is 1. The van der Waals surface area contributed by atoms with Crippen LogP contribution < -0.4 is 10.6 Å². The summed E-state index contributed by atoms with van der Waals surface area (Å²) in [6.07, 6.45) is 9.76. The summed E-state index contributed by atoms with van der Waals surface area (Å²) in [6, 6.07) is 5.24. The minimum absolute atomic E-state index is 0.0738. The summed E-state index contributed by atoms with van der Waals surface area (Å²) >= 11 is 0. The van der Waals surface area contributed by atoms with Crippen molar-refractivity contribution in [2.45, 2.75) is 96.9 Å². The molecule has 9 atom stereocenters. The molecule has 0 aromatic heterocycles. The molecule has 1 aliphatic carbocycles. The van der Waals surface area contributed by atoms with Crippen molar-refractivity contribution in [3.63, 3.8) is 0 Å². The molecule has 1 spiro atoms. The Morgan fingerprint density at radius 1 is 1.00 bits per heavy atom. The number of amides is 3. The zero-order valence-corrected chi connectivity index (χ0v) is 26.6. The average Bonchev–Trinajstić information content (AvgIpc) is 3.58. The number of carbonyl (C=O) groups excluding carboxylic acids is 3. The maximum atomic E-state index is 14.3. The van der Waals surface area contributed by atoms with Crippen molar-refractivity contribution >= 4 is 23.4 Å². The molecule has 2 bridgehead atoms. The predicted octanol–water partition coefficient (Wildman–Crippen LogP) is 4.46. The number of aryl methyl sites for hydroxylation is 2. The number of piperidine rings is 1. The number of anilines is 1. The van der Waals surface area contributed by atoms with Crippen molar-refractivity contribution in [1.29, 1.82) is 0 Å². The van der Waals surface area contributed by atoms with Gasteiger partial charge in [-0.05, 0) is 93.6 Å². The number of likely N-dealkylation sites (tertiary alicyclic amines) is 2. The van der Waals surface area contributed by atoms with Gasteiger partial charge < -0.3 is 25.2 Å². The van der Waals surface area contributed by atoms with Gasteiger partial charge in [0.2, 0.25) is 17.7 Å². The molecule has 4 heterocycles. The van der Waals surface area contributed by atoms with E-state index < -0.39 is 29.6 Å². The van der Waals surface area contributed by atoms with E-state index in [0.717, 1.165) is 55.7 Å². The molecule has 4 aliphatic heterocycles. The van der Waals surface area contributed by atoms with Crippen molar-refractivity contribution < 1.29 is 19.1 Å². The van der Waals surface area contributed by atoms with Crippen LogP contribution in [0.5, 0.6) is 0 Å². The van der Waals surface area contributed by atoms with E-state index in [9.17, 15) is 14.4 Å². The van der Waals surface area contributed by atoms with E-state index in [0.29, 0.717) is 24.3 Å². The SMILES string of the molecule is Cc1cc(C)cc(NC(=O)C2[C@@H]3C=CC4(O3)C(C(=O)NC3CCCC(C)C3C)N(CCCN3CCCC(C)C3)C(=O)[C@H]24)c1. The van der Waals surface area contributed by atoms with Crippen LogP contribution in [0.25, 0.3) is 0 Å². The van der Waals surface area contributed by atoms with Crippen molar-refractivity contribution in [3.8, 4) is 0 Å². The molecule has 43 heavy (non-hydrogen) atoms. The molecular weight excluding hydrogens is 540 g/mol. The van der Waals surface area contributed by atoms with Crippen LogP contribution in [0.4, 0.5) is 5.69 Å². The first-order chi connectivity index (χ1) is 20.6. The van der Waals surface area contributed by atoms with Crippen LogP contribution in [0.15, 0.2) is 30.4 Å². The van der Waals surface area contributed by atoms with E-state index in [2.05, 4.69) is 42.4 Å². The van der Waals surface area contributed by atoms with Gasteiger partial charge >= 0.3 is 0 Å². The van der Waals surface area contributed by atoms with Crippen molar-refractivity contribution in [2.24, 2.45) is 29.6 Å². The second kappa shape index (κ2) is 12.0. The lowest BCUT2D eigenvalue weighted by Gasteiger charge is -2.38. The van der Waals surface area contributed by atoms with Gasteiger partial charge in [-0.15, -0.1) is 0 Å². The van der Waals surface area contributed by atoms with Gasteiger partial charge in [-0.2, -0.15) is 0 Å². The maximum Gasteiger partial charge on any atom is 0.246 e. The smallest absolute Gasteiger partial charge is 0.246 e. The number of hydrogen-bond donors (Lipinski definition) is 2. The Morgan fingerprint density at radius 2 is 1.77 bits per heavy atom. The normalized spacial score (nSPS) is 37.0. The highest BCUT2D eigenvalue weighted by molar-refractivity contribution is 6.02. The molecule has 2 N–H and O–H groups in total. The molecule has 1 saturated carbocycles. The Morgan fingerprint density at radius 3 is 2.51 bits per heavy atom. The minimum Gasteiger partial charge on any atom is -0.359 e. The summed E-state index contributed by atoms with van der Waals surface area (Å²) < 4.78 is 6.58. The van der Waals surface area contributed by atoms with E-state index in [-0.39, 0.29) is 23.8 Å². The Labute approximate surface area is 257 Å². The highest BCUT2D eigenvalue weighted by Gasteiger charge is 2.72. The summed E-state index contributed by atoms with van der Waals surface area (Å²) in [6.45, 7) is 14.3. The number of nitrogens with one attached hydrogen (secondary N) is 2. The minimum atomic E-state index is -1.13. The van der Waals surface area contributed by atoms with Gasteiger partial charge in [-0.3, -0.25) is 14.4 Å². The highest BCUT2D eigenvalue weighted by Crippen LogP contribution is 2.55. The molecule has 7 unspecified atom stereocenters. The van der Waals surface area contributed by atoms with Gasteiger partial charge in [0.15, 0.2) is 0 Å². The standard InChI is InChI=1S/C35H50N4O4/c1-21-9-7-14-38(20-21)15-8-16-39-31(33(41)37-27-11-6-10-24(4)25(27)5)35-13-12-28(43-35)29(30(35)34(39)42)32(40)36-26-18-22(2)17-23(3)19-26/h12-13,17-19,21,24-25,27-31H,6-11,14-16,20H2,1-5H3,(H,36,40)(H,37,41)/t21?,24?,25?,27?,28-,29?,30-,31?,35?/m0/s1. The third-order valence-electron chi connectivity index (χ3n) is 11.1. The summed E-state index contributed by atoms with van der Waals surface area (Å²) in [5.41, 5.74) is 1.71. The summed E-state index contributed by atoms with van der Waals surface area (Å²) in [7, 11) is 0. The molecule has 1 aromatic carbocycles. The molecule has 234 valence electrons. The fourth-order valence-corrected chi connectivity index (χ4v) is 8.78. The lowest BCUT2D eigenvalue weighted by Crippen LogP contribution is -2.58. The second-order valence-electron chi connectivity index (χ2n) is 14.4. The predicted molar refractivity (Wildman–Crippen MR) is 167 cm³/mol. The number of ether oxygens (including phenoxy) is 1. The maximum absolute atomic E-state index is 14.3. The summed E-state index contributed by atoms with van der Waals surface area (Å²) in [5, 5.41) is 6.44.